The van der Waals surface area contributed by atoms with E-state index in [9.17, 15) is 0 Å². The molecule has 214 valence electrons. The third-order valence-electron chi connectivity index (χ3n) is 9.18. The lowest BCUT2D eigenvalue weighted by atomic mass is 10.0. The first-order valence-corrected chi connectivity index (χ1v) is 15.5. The summed E-state index contributed by atoms with van der Waals surface area (Å²) in [5, 5.41) is 7.79. The average molecular weight is 588 g/mol. The van der Waals surface area contributed by atoms with Crippen LogP contribution in [0.15, 0.2) is 156 Å². The molecule has 3 aromatic heterocycles. The molecular formula is C42H25N3O. The number of para-hydroxylation sites is 4. The van der Waals surface area contributed by atoms with Gasteiger partial charge < -0.3 is 8.98 Å². The molecule has 10 rings (SSSR count). The zero-order chi connectivity index (χ0) is 30.2. The van der Waals surface area contributed by atoms with Crippen molar-refractivity contribution in [1.29, 1.82) is 0 Å². The molecule has 0 radical (unpaired) electrons. The Labute approximate surface area is 263 Å². The molecule has 0 aliphatic carbocycles. The number of hydrogen-bond acceptors (Lipinski definition) is 3. The highest BCUT2D eigenvalue weighted by Crippen LogP contribution is 2.43. The predicted octanol–water partition coefficient (Wildman–Crippen LogP) is 11.1. The summed E-state index contributed by atoms with van der Waals surface area (Å²) in [6, 6.07) is 53.0. The van der Waals surface area contributed by atoms with E-state index in [2.05, 4.69) is 144 Å². The van der Waals surface area contributed by atoms with Gasteiger partial charge in [0.05, 0.1) is 27.6 Å². The Morgan fingerprint density at radius 2 is 1.22 bits per heavy atom. The lowest BCUT2D eigenvalue weighted by Gasteiger charge is -2.10. The molecule has 0 amide bonds. The van der Waals surface area contributed by atoms with Gasteiger partial charge >= 0.3 is 0 Å². The van der Waals surface area contributed by atoms with Crippen LogP contribution in [0.25, 0.3) is 93.8 Å². The number of hydrogen-bond donors (Lipinski definition) is 0. The third kappa shape index (κ3) is 3.61. The summed E-state index contributed by atoms with van der Waals surface area (Å²) in [7, 11) is 0. The van der Waals surface area contributed by atoms with Crippen molar-refractivity contribution in [2.24, 2.45) is 0 Å². The Bertz CT molecular complexity index is 2810. The van der Waals surface area contributed by atoms with Gasteiger partial charge in [0, 0.05) is 38.4 Å². The Kier molecular flexibility index (Phi) is 5.25. The second-order valence-electron chi connectivity index (χ2n) is 11.8. The molecule has 0 saturated carbocycles. The summed E-state index contributed by atoms with van der Waals surface area (Å²) in [4.78, 5) is 10.3. The fraction of sp³-hybridized carbons (Fsp3) is 0. The summed E-state index contributed by atoms with van der Waals surface area (Å²) in [6.45, 7) is 0. The van der Waals surface area contributed by atoms with E-state index in [0.29, 0.717) is 5.82 Å². The molecule has 0 N–H and O–H groups in total. The maximum atomic E-state index is 6.99. The summed E-state index contributed by atoms with van der Waals surface area (Å²) < 4.78 is 9.31. The van der Waals surface area contributed by atoms with Crippen molar-refractivity contribution in [3.8, 4) is 28.3 Å². The Balaban J connectivity index is 1.27. The van der Waals surface area contributed by atoms with E-state index in [1.54, 1.807) is 0 Å². The second-order valence-corrected chi connectivity index (χ2v) is 11.8. The van der Waals surface area contributed by atoms with Crippen LogP contribution in [0.4, 0.5) is 0 Å². The maximum Gasteiger partial charge on any atom is 0.160 e. The second kappa shape index (κ2) is 9.62. The molecule has 46 heavy (non-hydrogen) atoms. The van der Waals surface area contributed by atoms with Crippen molar-refractivity contribution in [1.82, 2.24) is 14.5 Å². The molecule has 10 aromatic rings. The van der Waals surface area contributed by atoms with Gasteiger partial charge in [0.15, 0.2) is 5.82 Å². The molecule has 4 nitrogen and oxygen atoms in total. The molecule has 0 atom stereocenters. The number of rotatable bonds is 3. The average Bonchev–Trinajstić information content (AvgIpc) is 3.67. The molecule has 0 fully saturated rings. The van der Waals surface area contributed by atoms with E-state index in [1.807, 2.05) is 12.1 Å². The number of benzene rings is 7. The van der Waals surface area contributed by atoms with Crippen LogP contribution in [-0.4, -0.2) is 14.5 Å². The standard InChI is InChI=1S/C42H25N3O/c1-2-13-29(14-3-1)45-36-20-9-7-16-33(36)38-37(45)24-23-31-30-17-10-18-34(40(30)46-41(31)38)39-32-15-6-8-19-35(32)43-42(44-39)28-22-21-26-11-4-5-12-27(26)25-28/h1-25H. The summed E-state index contributed by atoms with van der Waals surface area (Å²) in [6.07, 6.45) is 0. The third-order valence-corrected chi connectivity index (χ3v) is 9.18. The molecule has 0 saturated heterocycles. The van der Waals surface area contributed by atoms with Crippen LogP contribution in [0.3, 0.4) is 0 Å². The maximum absolute atomic E-state index is 6.99. The van der Waals surface area contributed by atoms with Gasteiger partial charge in [-0.05, 0) is 59.3 Å². The summed E-state index contributed by atoms with van der Waals surface area (Å²) in [5.74, 6) is 0.695. The van der Waals surface area contributed by atoms with Gasteiger partial charge in [-0.25, -0.2) is 9.97 Å². The zero-order valence-corrected chi connectivity index (χ0v) is 24.7. The van der Waals surface area contributed by atoms with Gasteiger partial charge in [-0.15, -0.1) is 0 Å². The van der Waals surface area contributed by atoms with E-state index >= 15 is 0 Å². The largest absolute Gasteiger partial charge is 0.455 e. The monoisotopic (exact) mass is 587 g/mol. The van der Waals surface area contributed by atoms with E-state index < -0.39 is 0 Å². The van der Waals surface area contributed by atoms with E-state index in [4.69, 9.17) is 14.4 Å². The van der Waals surface area contributed by atoms with Gasteiger partial charge in [0.25, 0.3) is 0 Å². The molecule has 0 aliphatic rings. The molecule has 3 heterocycles. The van der Waals surface area contributed by atoms with Gasteiger partial charge in [-0.1, -0.05) is 103 Å². The summed E-state index contributed by atoms with van der Waals surface area (Å²) in [5.41, 5.74) is 8.81. The highest BCUT2D eigenvalue weighted by molar-refractivity contribution is 6.25. The van der Waals surface area contributed by atoms with E-state index in [1.165, 1.54) is 10.8 Å². The first-order chi connectivity index (χ1) is 22.8. The van der Waals surface area contributed by atoms with Crippen LogP contribution in [0.2, 0.25) is 0 Å². The van der Waals surface area contributed by atoms with Gasteiger partial charge in [0.1, 0.15) is 11.2 Å². The van der Waals surface area contributed by atoms with Gasteiger partial charge in [0.2, 0.25) is 0 Å². The molecule has 0 bridgehead atoms. The van der Waals surface area contributed by atoms with Crippen molar-refractivity contribution in [2.75, 3.05) is 0 Å². The fourth-order valence-corrected chi connectivity index (χ4v) is 7.09. The van der Waals surface area contributed by atoms with E-state index in [0.717, 1.165) is 77.2 Å². The van der Waals surface area contributed by atoms with Crippen LogP contribution in [0.5, 0.6) is 0 Å². The minimum atomic E-state index is 0.695. The molecule has 0 aliphatic heterocycles. The smallest absolute Gasteiger partial charge is 0.160 e. The Hall–Kier alpha value is -6.26. The van der Waals surface area contributed by atoms with Crippen LogP contribution < -0.4 is 0 Å². The van der Waals surface area contributed by atoms with Crippen molar-refractivity contribution in [3.63, 3.8) is 0 Å². The van der Waals surface area contributed by atoms with Crippen molar-refractivity contribution in [2.45, 2.75) is 0 Å². The fourth-order valence-electron chi connectivity index (χ4n) is 7.09. The number of aromatic nitrogens is 3. The lowest BCUT2D eigenvalue weighted by Crippen LogP contribution is -1.95. The topological polar surface area (TPSA) is 43.9 Å². The van der Waals surface area contributed by atoms with Crippen LogP contribution in [-0.2, 0) is 0 Å². The SMILES string of the molecule is c1ccc(-n2c3ccccc3c3c4oc5c(-c6nc(-c7ccc8ccccc8c7)nc7ccccc67)cccc5c4ccc32)cc1. The molecule has 4 heteroatoms. The number of furan rings is 1. The molecule has 7 aromatic carbocycles. The minimum absolute atomic E-state index is 0.695. The number of nitrogens with zero attached hydrogens (tertiary/aromatic N) is 3. The van der Waals surface area contributed by atoms with Crippen LogP contribution in [0, 0.1) is 0 Å². The van der Waals surface area contributed by atoms with Gasteiger partial charge in [-0.3, -0.25) is 0 Å². The molecule has 0 unspecified atom stereocenters. The lowest BCUT2D eigenvalue weighted by molar-refractivity contribution is 0.674. The normalized spacial score (nSPS) is 11.9. The number of fused-ring (bicyclic) bond motifs is 9. The van der Waals surface area contributed by atoms with Crippen LogP contribution in [0.1, 0.15) is 0 Å². The van der Waals surface area contributed by atoms with Gasteiger partial charge in [-0.2, -0.15) is 0 Å². The van der Waals surface area contributed by atoms with Crippen molar-refractivity contribution >= 4 is 65.4 Å². The first kappa shape index (κ1) is 25.1. The highest BCUT2D eigenvalue weighted by atomic mass is 16.3. The van der Waals surface area contributed by atoms with Crippen molar-refractivity contribution < 1.29 is 4.42 Å². The first-order valence-electron chi connectivity index (χ1n) is 15.5. The zero-order valence-electron chi connectivity index (χ0n) is 24.7. The Morgan fingerprint density at radius 1 is 0.478 bits per heavy atom. The predicted molar refractivity (Wildman–Crippen MR) is 190 cm³/mol. The quantitative estimate of drug-likeness (QED) is 0.207. The van der Waals surface area contributed by atoms with Crippen molar-refractivity contribution in [3.05, 3.63) is 152 Å². The Morgan fingerprint density at radius 3 is 2.13 bits per heavy atom. The van der Waals surface area contributed by atoms with Crippen LogP contribution >= 0.6 is 0 Å². The summed E-state index contributed by atoms with van der Waals surface area (Å²) >= 11 is 0. The highest BCUT2D eigenvalue weighted by Gasteiger charge is 2.21. The minimum Gasteiger partial charge on any atom is -0.455 e. The molecule has 0 spiro atoms. The van der Waals surface area contributed by atoms with E-state index in [-0.39, 0.29) is 0 Å². The molecular weight excluding hydrogens is 562 g/mol.